The fraction of sp³-hybridized carbons (Fsp3) is 0.400. The van der Waals surface area contributed by atoms with Crippen LogP contribution in [0.15, 0.2) is 36.8 Å². The molecule has 0 aliphatic rings. The molecule has 3 aromatic heterocycles. The molecule has 5 N–H and O–H groups in total. The molecule has 38 heavy (non-hydrogen) atoms. The van der Waals surface area contributed by atoms with E-state index < -0.39 is 55.9 Å². The molecule has 1 atom stereocenters. The van der Waals surface area contributed by atoms with E-state index in [4.69, 9.17) is 9.11 Å². The summed E-state index contributed by atoms with van der Waals surface area (Å²) in [6, 6.07) is 5.22. The number of carbonyl (C=O) groups excluding carboxylic acids is 1. The average Bonchev–Trinajstić information content (AvgIpc) is 3.25. The molecule has 0 fully saturated rings. The Bertz CT molecular complexity index is 1450. The molecule has 210 valence electrons. The van der Waals surface area contributed by atoms with Crippen LogP contribution in [0, 0.1) is 0 Å². The number of aromatic amines is 1. The van der Waals surface area contributed by atoms with Gasteiger partial charge in [0.2, 0.25) is 5.91 Å². The van der Waals surface area contributed by atoms with Crippen LogP contribution in [0.3, 0.4) is 0 Å². The van der Waals surface area contributed by atoms with Gasteiger partial charge < -0.3 is 15.6 Å². The van der Waals surface area contributed by atoms with Crippen LogP contribution >= 0.6 is 0 Å². The Morgan fingerprint density at radius 2 is 1.68 bits per heavy atom. The fourth-order valence-corrected chi connectivity index (χ4v) is 4.56. The molecule has 0 radical (unpaired) electrons. The zero-order chi connectivity index (χ0) is 28.8. The van der Waals surface area contributed by atoms with Gasteiger partial charge in [0.05, 0.1) is 11.5 Å². The minimum atomic E-state index is -4.48. The Kier molecular flexibility index (Phi) is 9.76. The number of aromatic nitrogens is 4. The van der Waals surface area contributed by atoms with E-state index in [1.807, 2.05) is 11.4 Å². The average molecular weight is 583 g/mol. The van der Waals surface area contributed by atoms with Crippen LogP contribution in [0.5, 0.6) is 0 Å². The molecular weight excluding hydrogens is 557 g/mol. The Balaban J connectivity index is 0.000000432. The van der Waals surface area contributed by atoms with Gasteiger partial charge in [0.1, 0.15) is 23.5 Å². The van der Waals surface area contributed by atoms with Crippen molar-refractivity contribution in [3.63, 3.8) is 0 Å². The number of carbonyl (C=O) groups is 1. The van der Waals surface area contributed by atoms with Gasteiger partial charge >= 0.3 is 6.18 Å². The van der Waals surface area contributed by atoms with Gasteiger partial charge in [0.15, 0.2) is 5.82 Å². The number of amides is 1. The number of halogens is 3. The first-order chi connectivity index (χ1) is 17.4. The van der Waals surface area contributed by atoms with Gasteiger partial charge in [-0.15, -0.1) is 0 Å². The Morgan fingerprint density at radius 3 is 2.24 bits per heavy atom. The summed E-state index contributed by atoms with van der Waals surface area (Å²) in [5.41, 5.74) is 0.148. The van der Waals surface area contributed by atoms with Crippen LogP contribution in [0.25, 0.3) is 22.4 Å². The summed E-state index contributed by atoms with van der Waals surface area (Å²) in [7, 11) is -8.59. The summed E-state index contributed by atoms with van der Waals surface area (Å²) in [6.45, 7) is 1.84. The first kappa shape index (κ1) is 30.9. The number of hydrogen-bond acceptors (Lipinski definition) is 9. The number of H-pyrrole nitrogens is 1. The summed E-state index contributed by atoms with van der Waals surface area (Å²) in [4.78, 5) is 28.2. The molecule has 0 bridgehead atoms. The highest BCUT2D eigenvalue weighted by molar-refractivity contribution is 7.89. The second kappa shape index (κ2) is 12.0. The third-order valence-corrected chi connectivity index (χ3v) is 6.71. The number of hydrogen-bond donors (Lipinski definition) is 5. The van der Waals surface area contributed by atoms with Crippen molar-refractivity contribution in [3.8, 4) is 11.4 Å². The predicted octanol–water partition coefficient (Wildman–Crippen LogP) is 2.04. The normalized spacial score (nSPS) is 13.8. The highest BCUT2D eigenvalue weighted by atomic mass is 32.2. The molecular formula is C20H25F3N6O7S2. The van der Waals surface area contributed by atoms with Crippen LogP contribution < -0.4 is 10.6 Å². The number of rotatable bonds is 9. The van der Waals surface area contributed by atoms with Crippen molar-refractivity contribution >= 4 is 43.0 Å². The van der Waals surface area contributed by atoms with E-state index in [-0.39, 0.29) is 6.42 Å². The molecule has 0 saturated carbocycles. The highest BCUT2D eigenvalue weighted by Crippen LogP contribution is 2.26. The van der Waals surface area contributed by atoms with Crippen molar-refractivity contribution in [2.24, 2.45) is 0 Å². The maximum Gasteiger partial charge on any atom is 0.405 e. The number of fused-ring (bicyclic) bond motifs is 1. The lowest BCUT2D eigenvalue weighted by Gasteiger charge is -2.29. The van der Waals surface area contributed by atoms with E-state index in [0.717, 1.165) is 10.9 Å². The molecule has 0 aromatic carbocycles. The largest absolute Gasteiger partial charge is 0.405 e. The summed E-state index contributed by atoms with van der Waals surface area (Å²) in [6.07, 6.45) is 0.686. The first-order valence-electron chi connectivity index (χ1n) is 10.7. The van der Waals surface area contributed by atoms with Crippen molar-refractivity contribution in [1.29, 1.82) is 0 Å². The van der Waals surface area contributed by atoms with Crippen molar-refractivity contribution < 1.29 is 43.9 Å². The van der Waals surface area contributed by atoms with Crippen LogP contribution in [0.1, 0.15) is 20.3 Å². The SMILES string of the molecule is CC[C@@](C)(Nc1ccnc(-c2c[nH]c3ncccc23)n1)C(=O)NCC(F)(F)F.O=S(=O)(O)CCS(=O)(=O)O. The predicted molar refractivity (Wildman–Crippen MR) is 131 cm³/mol. The molecule has 3 heterocycles. The highest BCUT2D eigenvalue weighted by Gasteiger charge is 2.35. The van der Waals surface area contributed by atoms with E-state index >= 15 is 0 Å². The second-order valence-corrected chi connectivity index (χ2v) is 11.2. The summed E-state index contributed by atoms with van der Waals surface area (Å²) >= 11 is 0. The molecule has 3 rings (SSSR count). The third kappa shape index (κ3) is 9.84. The number of anilines is 1. The van der Waals surface area contributed by atoms with Crippen LogP contribution in [0.4, 0.5) is 19.0 Å². The first-order valence-corrected chi connectivity index (χ1v) is 13.9. The monoisotopic (exact) mass is 582 g/mol. The minimum absolute atomic E-state index is 0.257. The molecule has 13 nitrogen and oxygen atoms in total. The van der Waals surface area contributed by atoms with Gasteiger partial charge in [-0.1, -0.05) is 6.92 Å². The molecule has 0 unspecified atom stereocenters. The molecule has 0 saturated heterocycles. The van der Waals surface area contributed by atoms with E-state index in [0.29, 0.717) is 17.3 Å². The molecule has 1 amide bonds. The van der Waals surface area contributed by atoms with Gasteiger partial charge in [0.25, 0.3) is 20.2 Å². The number of pyridine rings is 1. The Morgan fingerprint density at radius 1 is 1.05 bits per heavy atom. The van der Waals surface area contributed by atoms with E-state index in [2.05, 4.69) is 25.3 Å². The smallest absolute Gasteiger partial charge is 0.356 e. The van der Waals surface area contributed by atoms with Crippen LogP contribution in [0.2, 0.25) is 0 Å². The minimum Gasteiger partial charge on any atom is -0.356 e. The fourth-order valence-electron chi connectivity index (χ4n) is 2.87. The third-order valence-electron chi connectivity index (χ3n) is 5.01. The number of nitrogens with zero attached hydrogens (tertiary/aromatic N) is 3. The Labute approximate surface area is 215 Å². The molecule has 3 aromatic rings. The lowest BCUT2D eigenvalue weighted by molar-refractivity contribution is -0.140. The van der Waals surface area contributed by atoms with Crippen LogP contribution in [-0.2, 0) is 25.0 Å². The van der Waals surface area contributed by atoms with Crippen LogP contribution in [-0.4, -0.2) is 81.5 Å². The number of alkyl halides is 3. The molecule has 18 heteroatoms. The van der Waals surface area contributed by atoms with E-state index in [1.165, 1.54) is 13.1 Å². The van der Waals surface area contributed by atoms with Gasteiger partial charge in [-0.2, -0.15) is 30.0 Å². The van der Waals surface area contributed by atoms with Gasteiger partial charge in [0, 0.05) is 29.5 Å². The summed E-state index contributed by atoms with van der Waals surface area (Å²) in [5, 5.41) is 5.69. The standard InChI is InChI=1S/C18H19F3N6O.C2H6O6S2/c1-3-17(2,16(28)25-10-18(19,20)21)27-13-6-8-23-15(26-13)12-9-24-14-11(12)5-4-7-22-14;3-9(4,5)1-2-10(6,7)8/h4-9H,3,10H2,1-2H3,(H,22,24)(H,25,28)(H,23,26,27);1-2H2,(H,3,4,5)(H,6,7,8)/t17-;/m1./s1. The Hall–Kier alpha value is -3.35. The van der Waals surface area contributed by atoms with E-state index in [1.54, 1.807) is 31.5 Å². The summed E-state index contributed by atoms with van der Waals surface area (Å²) < 4.78 is 92.6. The lowest BCUT2D eigenvalue weighted by atomic mass is 9.97. The molecule has 0 aliphatic carbocycles. The van der Waals surface area contributed by atoms with Crippen molar-refractivity contribution in [1.82, 2.24) is 25.3 Å². The van der Waals surface area contributed by atoms with Crippen molar-refractivity contribution in [2.45, 2.75) is 32.0 Å². The molecule has 0 aliphatic heterocycles. The van der Waals surface area contributed by atoms with Gasteiger partial charge in [-0.25, -0.2) is 15.0 Å². The zero-order valence-electron chi connectivity index (χ0n) is 20.0. The zero-order valence-corrected chi connectivity index (χ0v) is 21.7. The van der Waals surface area contributed by atoms with Crippen molar-refractivity contribution in [3.05, 3.63) is 36.8 Å². The number of nitrogens with one attached hydrogen (secondary N) is 3. The molecule has 0 spiro atoms. The van der Waals surface area contributed by atoms with Gasteiger partial charge in [-0.3, -0.25) is 13.9 Å². The summed E-state index contributed by atoms with van der Waals surface area (Å²) in [5.74, 6) is -1.99. The van der Waals surface area contributed by atoms with E-state index in [9.17, 15) is 34.8 Å². The second-order valence-electron chi connectivity index (χ2n) is 8.05. The maximum absolute atomic E-state index is 12.4. The van der Waals surface area contributed by atoms with Gasteiger partial charge in [-0.05, 0) is 31.5 Å². The van der Waals surface area contributed by atoms with Crippen molar-refractivity contribution in [2.75, 3.05) is 23.4 Å². The maximum atomic E-state index is 12.4. The topological polar surface area (TPSA) is 204 Å². The quantitative estimate of drug-likeness (QED) is 0.231. The lowest BCUT2D eigenvalue weighted by Crippen LogP contribution is -2.52.